The molecule has 8 aromatic carbocycles. The molecule has 0 amide bonds. The van der Waals surface area contributed by atoms with Crippen LogP contribution in [0, 0.1) is 0 Å². The quantitative estimate of drug-likeness (QED) is 0.160. The molecule has 0 atom stereocenters. The highest BCUT2D eigenvalue weighted by molar-refractivity contribution is 7.61. The van der Waals surface area contributed by atoms with Crippen LogP contribution in [-0.4, -0.2) is 9.13 Å². The van der Waals surface area contributed by atoms with E-state index in [1.165, 1.54) is 43.6 Å². The number of benzene rings is 8. The molecule has 0 unspecified atom stereocenters. The molecular formula is C48H33N2OP. The van der Waals surface area contributed by atoms with Crippen LogP contribution in [0.4, 0.5) is 0 Å². The van der Waals surface area contributed by atoms with Crippen LogP contribution in [0.2, 0.25) is 0 Å². The zero-order chi connectivity index (χ0) is 34.6. The third-order valence-corrected chi connectivity index (χ3v) is 12.1. The lowest BCUT2D eigenvalue weighted by Crippen LogP contribution is -2.06. The molecule has 0 saturated heterocycles. The number of hydrogen-bond acceptors (Lipinski definition) is 1. The highest BCUT2D eigenvalue weighted by Gasteiger charge is 2.14. The smallest absolute Gasteiger partial charge is 0.131 e. The van der Waals surface area contributed by atoms with E-state index in [0.29, 0.717) is 0 Å². The molecule has 0 fully saturated rings. The van der Waals surface area contributed by atoms with E-state index in [1.54, 1.807) is 0 Å². The van der Waals surface area contributed by atoms with Gasteiger partial charge in [0, 0.05) is 43.5 Å². The maximum atomic E-state index is 13.7. The minimum Gasteiger partial charge on any atom is -0.317 e. The van der Waals surface area contributed by atoms with Gasteiger partial charge in [-0.3, -0.25) is 0 Å². The Morgan fingerprint density at radius 3 is 0.827 bits per heavy atom. The predicted molar refractivity (Wildman–Crippen MR) is 221 cm³/mol. The summed E-state index contributed by atoms with van der Waals surface area (Å²) in [6.45, 7) is 0. The van der Waals surface area contributed by atoms with Gasteiger partial charge >= 0.3 is 0 Å². The number of rotatable bonds is 6. The van der Waals surface area contributed by atoms with Crippen molar-refractivity contribution in [1.29, 1.82) is 0 Å². The molecule has 246 valence electrons. The van der Waals surface area contributed by atoms with Crippen molar-refractivity contribution in [3.05, 3.63) is 194 Å². The van der Waals surface area contributed by atoms with Crippen LogP contribution < -0.4 is 10.6 Å². The Labute approximate surface area is 302 Å². The molecule has 0 saturated carbocycles. The average Bonchev–Trinajstić information content (AvgIpc) is 3.74. The van der Waals surface area contributed by atoms with E-state index in [0.717, 1.165) is 44.2 Å². The molecule has 0 spiro atoms. The summed E-state index contributed by atoms with van der Waals surface area (Å²) in [6.07, 6.45) is 0. The first-order valence-electron chi connectivity index (χ1n) is 17.6. The Hall–Kier alpha value is -6.41. The van der Waals surface area contributed by atoms with Gasteiger partial charge in [-0.1, -0.05) is 146 Å². The summed E-state index contributed by atoms with van der Waals surface area (Å²) < 4.78 is 18.4. The molecular weight excluding hydrogens is 652 g/mol. The van der Waals surface area contributed by atoms with Gasteiger partial charge in [-0.25, -0.2) is 0 Å². The minimum atomic E-state index is -2.15. The second kappa shape index (κ2) is 12.4. The first-order chi connectivity index (χ1) is 25.7. The number of aromatic nitrogens is 2. The molecule has 10 rings (SSSR count). The van der Waals surface area contributed by atoms with Crippen LogP contribution in [0.5, 0.6) is 0 Å². The summed E-state index contributed by atoms with van der Waals surface area (Å²) in [6, 6.07) is 68.1. The van der Waals surface area contributed by atoms with Crippen molar-refractivity contribution in [3.63, 3.8) is 0 Å². The normalized spacial score (nSPS) is 11.7. The summed E-state index contributed by atoms with van der Waals surface area (Å²) in [4.78, 5) is 0. The molecule has 3 nitrogen and oxygen atoms in total. The van der Waals surface area contributed by atoms with Gasteiger partial charge in [0.1, 0.15) is 7.80 Å². The summed E-state index contributed by atoms with van der Waals surface area (Å²) in [5.41, 5.74) is 11.5. The number of para-hydroxylation sites is 4. The van der Waals surface area contributed by atoms with Crippen molar-refractivity contribution in [3.8, 4) is 33.6 Å². The lowest BCUT2D eigenvalue weighted by molar-refractivity contribution is 0.598. The zero-order valence-corrected chi connectivity index (χ0v) is 29.3. The van der Waals surface area contributed by atoms with Crippen LogP contribution in [0.15, 0.2) is 194 Å². The number of hydrogen-bond donors (Lipinski definition) is 0. The molecule has 0 bridgehead atoms. The fourth-order valence-electron chi connectivity index (χ4n) is 7.80. The van der Waals surface area contributed by atoms with Gasteiger partial charge in [-0.2, -0.15) is 0 Å². The minimum absolute atomic E-state index is 0.860. The van der Waals surface area contributed by atoms with Crippen LogP contribution in [0.3, 0.4) is 0 Å². The molecule has 10 aromatic rings. The van der Waals surface area contributed by atoms with E-state index >= 15 is 0 Å². The summed E-state index contributed by atoms with van der Waals surface area (Å²) >= 11 is 0. The number of fused-ring (bicyclic) bond motifs is 6. The predicted octanol–water partition coefficient (Wildman–Crippen LogP) is 11.7. The maximum absolute atomic E-state index is 13.7. The molecule has 4 heteroatoms. The number of nitrogens with zero attached hydrogens (tertiary/aromatic N) is 2. The average molecular weight is 685 g/mol. The topological polar surface area (TPSA) is 26.9 Å². The van der Waals surface area contributed by atoms with Gasteiger partial charge in [0.05, 0.1) is 22.1 Å². The monoisotopic (exact) mass is 684 g/mol. The Morgan fingerprint density at radius 2 is 0.538 bits per heavy atom. The Kier molecular flexibility index (Phi) is 7.27. The van der Waals surface area contributed by atoms with E-state index in [4.69, 9.17) is 0 Å². The van der Waals surface area contributed by atoms with Crippen molar-refractivity contribution < 1.29 is 4.57 Å². The van der Waals surface area contributed by atoms with Gasteiger partial charge < -0.3 is 13.7 Å². The van der Waals surface area contributed by atoms with Gasteiger partial charge in [0.25, 0.3) is 0 Å². The molecule has 2 heterocycles. The fourth-order valence-corrected chi connectivity index (χ4v) is 9.07. The standard InChI is InChI=1S/C48H33N2OP/c51-52(39-29-21-35(22-30-39)33-17-25-37(26-18-33)49-45-13-5-1-9-41(45)42-10-2-6-14-46(42)49)40-31-23-36(24-32-40)34-19-27-38(28-20-34)50-47-15-7-3-11-43(47)44-12-4-8-16-48(44)50/h1-32,52H. The lowest BCUT2D eigenvalue weighted by atomic mass is 10.1. The maximum Gasteiger partial charge on any atom is 0.131 e. The lowest BCUT2D eigenvalue weighted by Gasteiger charge is -2.10. The Bertz CT molecular complexity index is 2630. The fraction of sp³-hybridized carbons (Fsp3) is 0. The largest absolute Gasteiger partial charge is 0.317 e. The molecule has 0 aliphatic heterocycles. The van der Waals surface area contributed by atoms with Crippen molar-refractivity contribution in [2.45, 2.75) is 0 Å². The van der Waals surface area contributed by atoms with Crippen LogP contribution >= 0.6 is 7.80 Å². The van der Waals surface area contributed by atoms with Gasteiger partial charge in [-0.15, -0.1) is 0 Å². The van der Waals surface area contributed by atoms with Crippen molar-refractivity contribution in [1.82, 2.24) is 9.13 Å². The van der Waals surface area contributed by atoms with Crippen molar-refractivity contribution >= 4 is 62.0 Å². The van der Waals surface area contributed by atoms with Gasteiger partial charge in [0.2, 0.25) is 0 Å². The highest BCUT2D eigenvalue weighted by Crippen LogP contribution is 2.34. The second-order valence-corrected chi connectivity index (χ2v) is 15.1. The summed E-state index contributed by atoms with van der Waals surface area (Å²) in [7, 11) is -2.15. The molecule has 52 heavy (non-hydrogen) atoms. The summed E-state index contributed by atoms with van der Waals surface area (Å²) in [5.74, 6) is 0. The molecule has 0 aliphatic carbocycles. The van der Waals surface area contributed by atoms with Crippen LogP contribution in [0.1, 0.15) is 0 Å². The van der Waals surface area contributed by atoms with E-state index < -0.39 is 7.80 Å². The van der Waals surface area contributed by atoms with E-state index in [2.05, 4.69) is 179 Å². The first-order valence-corrected chi connectivity index (χ1v) is 19.0. The molecule has 0 N–H and O–H groups in total. The third kappa shape index (κ3) is 5.01. The van der Waals surface area contributed by atoms with Crippen molar-refractivity contribution in [2.24, 2.45) is 0 Å². The Morgan fingerprint density at radius 1 is 0.288 bits per heavy atom. The molecule has 0 radical (unpaired) electrons. The zero-order valence-electron chi connectivity index (χ0n) is 28.3. The first kappa shape index (κ1) is 30.4. The Balaban J connectivity index is 0.872. The van der Waals surface area contributed by atoms with E-state index in [-0.39, 0.29) is 0 Å². The van der Waals surface area contributed by atoms with Gasteiger partial charge in [-0.05, 0) is 70.8 Å². The SMILES string of the molecule is O=[PH](c1ccc(-c2ccc(-n3c4ccccc4c4ccccc43)cc2)cc1)c1ccc(-c2ccc(-n3c4ccccc4c4ccccc43)cc2)cc1. The third-order valence-electron chi connectivity index (χ3n) is 10.4. The van der Waals surface area contributed by atoms with Gasteiger partial charge in [0.15, 0.2) is 0 Å². The van der Waals surface area contributed by atoms with Crippen LogP contribution in [-0.2, 0) is 4.57 Å². The van der Waals surface area contributed by atoms with Crippen LogP contribution in [0.25, 0.3) is 77.2 Å². The van der Waals surface area contributed by atoms with Crippen molar-refractivity contribution in [2.75, 3.05) is 0 Å². The molecule has 0 aliphatic rings. The van der Waals surface area contributed by atoms with E-state index in [1.807, 2.05) is 24.3 Å². The second-order valence-electron chi connectivity index (χ2n) is 13.3. The molecule has 2 aromatic heterocycles. The summed E-state index contributed by atoms with van der Waals surface area (Å²) in [5, 5.41) is 6.75. The highest BCUT2D eigenvalue weighted by atomic mass is 31.1. The van der Waals surface area contributed by atoms with E-state index in [9.17, 15) is 4.57 Å².